The number of fused-ring (bicyclic) bond motifs is 1. The molecule has 132 valence electrons. The van der Waals surface area contributed by atoms with Crippen LogP contribution in [0.5, 0.6) is 0 Å². The van der Waals surface area contributed by atoms with E-state index >= 15 is 0 Å². The molecule has 2 saturated carbocycles. The van der Waals surface area contributed by atoms with Crippen LogP contribution in [-0.2, 0) is 9.63 Å². The van der Waals surface area contributed by atoms with Gasteiger partial charge in [-0.1, -0.05) is 31.4 Å². The minimum Gasteiger partial charge on any atom is -0.275 e. The standard InChI is InChI=1S/C20H35NO2/c1-5-16-10-9-15-20(2)17(13-14-18(16)20)11-7-6-8-12-19(22)21(3)23-4/h5,17-18H,6-15H2,1-4H3/b16-5+. The Balaban J connectivity index is 1.73. The highest BCUT2D eigenvalue weighted by molar-refractivity contribution is 5.74. The van der Waals surface area contributed by atoms with Gasteiger partial charge in [0.1, 0.15) is 0 Å². The molecule has 3 unspecified atom stereocenters. The van der Waals surface area contributed by atoms with Gasteiger partial charge in [-0.2, -0.15) is 0 Å². The molecule has 0 N–H and O–H groups in total. The molecule has 2 aliphatic rings. The van der Waals surface area contributed by atoms with Crippen LogP contribution in [0.3, 0.4) is 0 Å². The molecular formula is C20H35NO2. The van der Waals surface area contributed by atoms with Crippen molar-refractivity contribution in [3.63, 3.8) is 0 Å². The van der Waals surface area contributed by atoms with Crippen molar-refractivity contribution >= 4 is 5.91 Å². The maximum absolute atomic E-state index is 11.7. The molecule has 0 heterocycles. The lowest BCUT2D eigenvalue weighted by atomic mass is 9.63. The number of allylic oxidation sites excluding steroid dienone is 2. The van der Waals surface area contributed by atoms with Crippen LogP contribution in [0, 0.1) is 17.3 Å². The van der Waals surface area contributed by atoms with Crippen molar-refractivity contribution in [3.8, 4) is 0 Å². The highest BCUT2D eigenvalue weighted by Crippen LogP contribution is 2.58. The van der Waals surface area contributed by atoms with Gasteiger partial charge < -0.3 is 0 Å². The number of nitrogens with zero attached hydrogens (tertiary/aromatic N) is 1. The summed E-state index contributed by atoms with van der Waals surface area (Å²) in [6.07, 6.45) is 14.7. The second kappa shape index (κ2) is 8.32. The monoisotopic (exact) mass is 321 g/mol. The molecule has 1 amide bonds. The minimum absolute atomic E-state index is 0.0883. The summed E-state index contributed by atoms with van der Waals surface area (Å²) in [5, 5.41) is 1.34. The van der Waals surface area contributed by atoms with E-state index in [1.54, 1.807) is 12.6 Å². The number of carbonyl (C=O) groups excluding carboxylic acids is 1. The molecule has 0 spiro atoms. The smallest absolute Gasteiger partial charge is 0.245 e. The summed E-state index contributed by atoms with van der Waals surface area (Å²) in [7, 11) is 3.22. The molecule has 2 aliphatic carbocycles. The summed E-state index contributed by atoms with van der Waals surface area (Å²) in [4.78, 5) is 16.6. The zero-order valence-electron chi connectivity index (χ0n) is 15.6. The third-order valence-corrected chi connectivity index (χ3v) is 6.60. The third-order valence-electron chi connectivity index (χ3n) is 6.60. The number of hydrogen-bond acceptors (Lipinski definition) is 2. The lowest BCUT2D eigenvalue weighted by molar-refractivity contribution is -0.168. The molecule has 3 heteroatoms. The molecule has 0 saturated heterocycles. The molecule has 0 aromatic rings. The number of unbranched alkanes of at least 4 members (excludes halogenated alkanes) is 2. The van der Waals surface area contributed by atoms with Crippen LogP contribution in [-0.4, -0.2) is 25.1 Å². The second-order valence-corrected chi connectivity index (χ2v) is 7.72. The van der Waals surface area contributed by atoms with E-state index in [2.05, 4.69) is 19.9 Å². The quantitative estimate of drug-likeness (QED) is 0.370. The largest absolute Gasteiger partial charge is 0.275 e. The van der Waals surface area contributed by atoms with Gasteiger partial charge in [0.05, 0.1) is 7.11 Å². The first-order valence-corrected chi connectivity index (χ1v) is 9.48. The molecule has 0 aromatic carbocycles. The van der Waals surface area contributed by atoms with E-state index in [0.717, 1.165) is 24.7 Å². The first kappa shape index (κ1) is 18.5. The molecule has 3 atom stereocenters. The van der Waals surface area contributed by atoms with Gasteiger partial charge in [0.2, 0.25) is 5.91 Å². The Hall–Kier alpha value is -0.830. The van der Waals surface area contributed by atoms with E-state index in [1.807, 2.05) is 0 Å². The highest BCUT2D eigenvalue weighted by atomic mass is 16.7. The van der Waals surface area contributed by atoms with Crippen LogP contribution in [0.4, 0.5) is 0 Å². The van der Waals surface area contributed by atoms with Gasteiger partial charge >= 0.3 is 0 Å². The van der Waals surface area contributed by atoms with Crippen LogP contribution >= 0.6 is 0 Å². The second-order valence-electron chi connectivity index (χ2n) is 7.72. The fraction of sp³-hybridized carbons (Fsp3) is 0.850. The summed E-state index contributed by atoms with van der Waals surface area (Å²) in [5.74, 6) is 1.83. The molecule has 0 bridgehead atoms. The summed E-state index contributed by atoms with van der Waals surface area (Å²) in [6.45, 7) is 4.78. The number of carbonyl (C=O) groups is 1. The van der Waals surface area contributed by atoms with Crippen LogP contribution < -0.4 is 0 Å². The lowest BCUT2D eigenvalue weighted by Crippen LogP contribution is -2.33. The molecule has 2 rings (SSSR count). The SMILES string of the molecule is C/C=C1\CCCC2(C)C(CCCCCC(=O)N(C)OC)CCC12. The number of hydrogen-bond donors (Lipinski definition) is 0. The number of hydroxylamine groups is 2. The summed E-state index contributed by atoms with van der Waals surface area (Å²) in [5.41, 5.74) is 2.28. The fourth-order valence-corrected chi connectivity index (χ4v) is 5.07. The minimum atomic E-state index is 0.0883. The molecule has 3 nitrogen and oxygen atoms in total. The van der Waals surface area contributed by atoms with Gasteiger partial charge in [-0.05, 0) is 69.1 Å². The third kappa shape index (κ3) is 4.17. The van der Waals surface area contributed by atoms with Gasteiger partial charge in [0.25, 0.3) is 0 Å². The van der Waals surface area contributed by atoms with E-state index < -0.39 is 0 Å². The molecular weight excluding hydrogens is 286 g/mol. The van der Waals surface area contributed by atoms with E-state index in [9.17, 15) is 4.79 Å². The number of rotatable bonds is 7. The van der Waals surface area contributed by atoms with Crippen molar-refractivity contribution in [2.45, 2.75) is 78.1 Å². The van der Waals surface area contributed by atoms with Crippen molar-refractivity contribution in [2.75, 3.05) is 14.2 Å². The van der Waals surface area contributed by atoms with Crippen LogP contribution in [0.15, 0.2) is 11.6 Å². The van der Waals surface area contributed by atoms with E-state index in [4.69, 9.17) is 4.84 Å². The maximum atomic E-state index is 11.7. The number of amides is 1. The molecule has 0 aliphatic heterocycles. The van der Waals surface area contributed by atoms with E-state index in [-0.39, 0.29) is 5.91 Å². The molecule has 2 fully saturated rings. The summed E-state index contributed by atoms with van der Waals surface area (Å²) in [6, 6.07) is 0. The van der Waals surface area contributed by atoms with Crippen LogP contribution in [0.25, 0.3) is 0 Å². The Bertz CT molecular complexity index is 431. The Morgan fingerprint density at radius 3 is 2.83 bits per heavy atom. The van der Waals surface area contributed by atoms with Crippen LogP contribution in [0.2, 0.25) is 0 Å². The predicted molar refractivity (Wildman–Crippen MR) is 94.8 cm³/mol. The van der Waals surface area contributed by atoms with Crippen molar-refractivity contribution in [1.29, 1.82) is 0 Å². The Morgan fingerprint density at radius 1 is 1.35 bits per heavy atom. The van der Waals surface area contributed by atoms with Gasteiger partial charge in [0, 0.05) is 13.5 Å². The van der Waals surface area contributed by atoms with Crippen molar-refractivity contribution in [2.24, 2.45) is 17.3 Å². The summed E-state index contributed by atoms with van der Waals surface area (Å²) >= 11 is 0. The Kier molecular flexibility index (Phi) is 6.70. The average molecular weight is 322 g/mol. The maximum Gasteiger partial charge on any atom is 0.245 e. The van der Waals surface area contributed by atoms with Crippen molar-refractivity contribution < 1.29 is 9.63 Å². The van der Waals surface area contributed by atoms with Crippen LogP contribution in [0.1, 0.15) is 78.1 Å². The molecule has 0 aromatic heterocycles. The molecule has 0 radical (unpaired) electrons. The van der Waals surface area contributed by atoms with E-state index in [0.29, 0.717) is 11.8 Å². The topological polar surface area (TPSA) is 29.5 Å². The predicted octanol–water partition coefficient (Wildman–Crippen LogP) is 5.12. The van der Waals surface area contributed by atoms with Crippen molar-refractivity contribution in [1.82, 2.24) is 5.06 Å². The average Bonchev–Trinajstić information content (AvgIpc) is 2.89. The lowest BCUT2D eigenvalue weighted by Gasteiger charge is -2.42. The molecule has 23 heavy (non-hydrogen) atoms. The Labute approximate surface area is 142 Å². The van der Waals surface area contributed by atoms with Crippen molar-refractivity contribution in [3.05, 3.63) is 11.6 Å². The first-order valence-electron chi connectivity index (χ1n) is 9.48. The van der Waals surface area contributed by atoms with Gasteiger partial charge in [-0.15, -0.1) is 0 Å². The first-order chi connectivity index (χ1) is 11.0. The fourth-order valence-electron chi connectivity index (χ4n) is 5.07. The van der Waals surface area contributed by atoms with Gasteiger partial charge in [-0.25, -0.2) is 5.06 Å². The van der Waals surface area contributed by atoms with E-state index in [1.165, 1.54) is 57.1 Å². The summed E-state index contributed by atoms with van der Waals surface area (Å²) < 4.78 is 0. The Morgan fingerprint density at radius 2 is 2.13 bits per heavy atom. The normalized spacial score (nSPS) is 32.1. The highest BCUT2D eigenvalue weighted by Gasteiger charge is 2.48. The zero-order chi connectivity index (χ0) is 16.9. The van der Waals surface area contributed by atoms with Gasteiger partial charge in [-0.3, -0.25) is 9.63 Å². The van der Waals surface area contributed by atoms with Gasteiger partial charge in [0.15, 0.2) is 0 Å². The zero-order valence-corrected chi connectivity index (χ0v) is 15.6.